The molecule has 2 N–H and O–H groups in total. The number of carbonyl (C=O) groups is 2. The van der Waals surface area contributed by atoms with Gasteiger partial charge in [-0.3, -0.25) is 9.59 Å². The minimum absolute atomic E-state index is 0.0506. The molecule has 2 aliphatic heterocycles. The maximum atomic E-state index is 13.4. The summed E-state index contributed by atoms with van der Waals surface area (Å²) in [4.78, 5) is 27.9. The van der Waals surface area contributed by atoms with E-state index < -0.39 is 11.7 Å². The number of anilines is 2. The molecule has 0 radical (unpaired) electrons. The second-order valence-electron chi connectivity index (χ2n) is 7.22. The highest BCUT2D eigenvalue weighted by molar-refractivity contribution is 6.31. The van der Waals surface area contributed by atoms with Gasteiger partial charge in [-0.2, -0.15) is 0 Å². The van der Waals surface area contributed by atoms with Gasteiger partial charge in [0.05, 0.1) is 28.6 Å². The molecule has 0 bridgehead atoms. The molecule has 2 fully saturated rings. The van der Waals surface area contributed by atoms with Crippen LogP contribution >= 0.6 is 11.6 Å². The Balaban J connectivity index is 1.56. The van der Waals surface area contributed by atoms with Crippen LogP contribution in [0.3, 0.4) is 0 Å². The van der Waals surface area contributed by atoms with Crippen LogP contribution in [0.2, 0.25) is 5.02 Å². The Hall–Kier alpha value is -2.48. The van der Waals surface area contributed by atoms with E-state index in [1.807, 2.05) is 42.3 Å². The zero-order valence-corrected chi connectivity index (χ0v) is 16.0. The molecule has 3 unspecified atom stereocenters. The zero-order chi connectivity index (χ0) is 19.8. The molecule has 4 rings (SSSR count). The number of halogens is 2. The Bertz CT molecular complexity index is 910. The molecule has 6 nitrogen and oxygen atoms in total. The van der Waals surface area contributed by atoms with Crippen LogP contribution < -0.4 is 15.8 Å². The van der Waals surface area contributed by atoms with Crippen molar-refractivity contribution in [1.82, 2.24) is 10.3 Å². The molecule has 3 atom stereocenters. The second kappa shape index (κ2) is 7.50. The first-order valence-electron chi connectivity index (χ1n) is 9.03. The van der Waals surface area contributed by atoms with E-state index in [1.54, 1.807) is 0 Å². The van der Waals surface area contributed by atoms with Gasteiger partial charge in [0.15, 0.2) is 0 Å². The molecule has 8 heteroatoms. The van der Waals surface area contributed by atoms with E-state index in [4.69, 9.17) is 11.6 Å². The summed E-state index contributed by atoms with van der Waals surface area (Å²) >= 11 is 5.80. The van der Waals surface area contributed by atoms with E-state index in [2.05, 4.69) is 10.7 Å². The van der Waals surface area contributed by atoms with Crippen LogP contribution in [0, 0.1) is 17.7 Å². The van der Waals surface area contributed by atoms with Crippen molar-refractivity contribution in [2.75, 3.05) is 30.5 Å². The highest BCUT2D eigenvalue weighted by Crippen LogP contribution is 2.32. The Morgan fingerprint density at radius 3 is 2.68 bits per heavy atom. The molecule has 0 aromatic heterocycles. The lowest BCUT2D eigenvalue weighted by Gasteiger charge is -2.36. The SMILES string of the molecule is CN1CC(C(=O)Nc2ccc(F)c(Cl)c2)C2NN(c3ccccc3)C(=O)C2C1. The van der Waals surface area contributed by atoms with Crippen LogP contribution in [0.15, 0.2) is 48.5 Å². The Morgan fingerprint density at radius 2 is 1.96 bits per heavy atom. The monoisotopic (exact) mass is 402 g/mol. The number of amides is 2. The third kappa shape index (κ3) is 3.48. The number of piperidine rings is 1. The summed E-state index contributed by atoms with van der Waals surface area (Å²) in [7, 11) is 1.89. The van der Waals surface area contributed by atoms with Crippen molar-refractivity contribution in [2.24, 2.45) is 11.8 Å². The molecule has 146 valence electrons. The number of benzene rings is 2. The summed E-state index contributed by atoms with van der Waals surface area (Å²) in [6.45, 7) is 1.08. The van der Waals surface area contributed by atoms with Gasteiger partial charge < -0.3 is 10.2 Å². The average Bonchev–Trinajstić information content (AvgIpc) is 3.01. The van der Waals surface area contributed by atoms with Gasteiger partial charge in [-0.05, 0) is 37.4 Å². The molecule has 28 heavy (non-hydrogen) atoms. The smallest absolute Gasteiger partial charge is 0.247 e. The van der Waals surface area contributed by atoms with Crippen LogP contribution in [0.4, 0.5) is 15.8 Å². The predicted octanol–water partition coefficient (Wildman–Crippen LogP) is 2.52. The number of nitrogens with zero attached hydrogens (tertiary/aromatic N) is 2. The minimum Gasteiger partial charge on any atom is -0.326 e. The first-order valence-corrected chi connectivity index (χ1v) is 9.41. The number of fused-ring (bicyclic) bond motifs is 1. The van der Waals surface area contributed by atoms with Crippen LogP contribution in [0.25, 0.3) is 0 Å². The second-order valence-corrected chi connectivity index (χ2v) is 7.62. The van der Waals surface area contributed by atoms with E-state index >= 15 is 0 Å². The number of rotatable bonds is 3. The summed E-state index contributed by atoms with van der Waals surface area (Å²) in [5, 5.41) is 4.27. The molecule has 2 aromatic rings. The topological polar surface area (TPSA) is 64.7 Å². The number of carbonyl (C=O) groups excluding carboxylic acids is 2. The normalized spacial score (nSPS) is 24.9. The van der Waals surface area contributed by atoms with E-state index in [0.717, 1.165) is 5.69 Å². The van der Waals surface area contributed by atoms with E-state index in [0.29, 0.717) is 18.8 Å². The summed E-state index contributed by atoms with van der Waals surface area (Å²) in [6, 6.07) is 13.0. The number of para-hydroxylation sites is 1. The molecule has 0 aliphatic carbocycles. The minimum atomic E-state index is -0.543. The Kier molecular flexibility index (Phi) is 5.05. The van der Waals surface area contributed by atoms with Gasteiger partial charge in [-0.1, -0.05) is 29.8 Å². The summed E-state index contributed by atoms with van der Waals surface area (Å²) in [5.74, 6) is -1.61. The summed E-state index contributed by atoms with van der Waals surface area (Å²) in [6.07, 6.45) is 0. The van der Waals surface area contributed by atoms with E-state index in [1.165, 1.54) is 23.2 Å². The molecule has 2 aromatic carbocycles. The Labute approximate surface area is 167 Å². The molecule has 0 saturated carbocycles. The van der Waals surface area contributed by atoms with Gasteiger partial charge in [0.25, 0.3) is 0 Å². The van der Waals surface area contributed by atoms with Gasteiger partial charge in [-0.25, -0.2) is 14.8 Å². The molecule has 2 amide bonds. The average molecular weight is 403 g/mol. The molecule has 0 spiro atoms. The third-order valence-corrected chi connectivity index (χ3v) is 5.53. The van der Waals surface area contributed by atoms with Crippen molar-refractivity contribution >= 4 is 34.8 Å². The fourth-order valence-corrected chi connectivity index (χ4v) is 4.06. The van der Waals surface area contributed by atoms with Crippen LogP contribution in [-0.2, 0) is 9.59 Å². The summed E-state index contributed by atoms with van der Waals surface area (Å²) < 4.78 is 13.4. The van der Waals surface area contributed by atoms with Crippen molar-refractivity contribution in [2.45, 2.75) is 6.04 Å². The van der Waals surface area contributed by atoms with Crippen molar-refractivity contribution in [3.8, 4) is 0 Å². The quantitative estimate of drug-likeness (QED) is 0.828. The molecule has 2 heterocycles. The van der Waals surface area contributed by atoms with Crippen LogP contribution in [0.5, 0.6) is 0 Å². The maximum Gasteiger partial charge on any atom is 0.247 e. The number of hydrogen-bond acceptors (Lipinski definition) is 4. The maximum absolute atomic E-state index is 13.4. The summed E-state index contributed by atoms with van der Waals surface area (Å²) in [5.41, 5.74) is 4.39. The predicted molar refractivity (Wildman–Crippen MR) is 105 cm³/mol. The number of nitrogens with one attached hydrogen (secondary N) is 2. The van der Waals surface area contributed by atoms with Crippen molar-refractivity contribution < 1.29 is 14.0 Å². The van der Waals surface area contributed by atoms with Gasteiger partial charge in [0.2, 0.25) is 11.8 Å². The van der Waals surface area contributed by atoms with Gasteiger partial charge in [0.1, 0.15) is 5.82 Å². The first-order chi connectivity index (χ1) is 13.4. The highest BCUT2D eigenvalue weighted by atomic mass is 35.5. The van der Waals surface area contributed by atoms with Gasteiger partial charge in [0, 0.05) is 18.8 Å². The van der Waals surface area contributed by atoms with Crippen molar-refractivity contribution in [3.63, 3.8) is 0 Å². The van der Waals surface area contributed by atoms with Gasteiger partial charge in [-0.15, -0.1) is 0 Å². The number of likely N-dealkylation sites (tertiary alicyclic amines) is 1. The third-order valence-electron chi connectivity index (χ3n) is 5.24. The molecular formula is C20H20ClFN4O2. The molecular weight excluding hydrogens is 383 g/mol. The standard InChI is InChI=1S/C20H20ClFN4O2/c1-25-10-14(19(27)23-12-7-8-17(22)16(21)9-12)18-15(11-25)20(28)26(24-18)13-5-3-2-4-6-13/h2-9,14-15,18,24H,10-11H2,1H3,(H,23,27). The lowest BCUT2D eigenvalue weighted by Crippen LogP contribution is -2.55. The fraction of sp³-hybridized carbons (Fsp3) is 0.300. The van der Waals surface area contributed by atoms with E-state index in [-0.39, 0.29) is 28.8 Å². The lowest BCUT2D eigenvalue weighted by atomic mass is 9.84. The van der Waals surface area contributed by atoms with Crippen molar-refractivity contribution in [3.05, 3.63) is 59.4 Å². The highest BCUT2D eigenvalue weighted by Gasteiger charge is 2.50. The largest absolute Gasteiger partial charge is 0.326 e. The molecule has 2 aliphatic rings. The number of hydrazine groups is 1. The Morgan fingerprint density at radius 1 is 1.21 bits per heavy atom. The van der Waals surface area contributed by atoms with Crippen LogP contribution in [-0.4, -0.2) is 42.9 Å². The zero-order valence-electron chi connectivity index (χ0n) is 15.2. The van der Waals surface area contributed by atoms with Crippen LogP contribution in [0.1, 0.15) is 0 Å². The fourth-order valence-electron chi connectivity index (χ4n) is 3.88. The first kappa shape index (κ1) is 18.9. The lowest BCUT2D eigenvalue weighted by molar-refractivity contribution is -0.125. The number of hydrogen-bond donors (Lipinski definition) is 2. The van der Waals surface area contributed by atoms with Crippen molar-refractivity contribution in [1.29, 1.82) is 0 Å². The molecule has 2 saturated heterocycles. The van der Waals surface area contributed by atoms with Gasteiger partial charge >= 0.3 is 0 Å². The van der Waals surface area contributed by atoms with E-state index in [9.17, 15) is 14.0 Å².